The number of hydrogen-bond donors (Lipinski definition) is 1. The molecule has 1 atom stereocenters. The van der Waals surface area contributed by atoms with Gasteiger partial charge in [-0.1, -0.05) is 78.0 Å². The van der Waals surface area contributed by atoms with Gasteiger partial charge in [0.1, 0.15) is 8.07 Å². The summed E-state index contributed by atoms with van der Waals surface area (Å²) in [5.41, 5.74) is 7.45. The minimum Gasteiger partial charge on any atom is -0.333 e. The summed E-state index contributed by atoms with van der Waals surface area (Å²) >= 11 is 0. The third-order valence-corrected chi connectivity index (χ3v) is 7.18. The molecule has 2 rings (SSSR count). The van der Waals surface area contributed by atoms with E-state index in [2.05, 4.69) is 67.2 Å². The van der Waals surface area contributed by atoms with Crippen LogP contribution < -0.4 is 10.9 Å². The Labute approximate surface area is 104 Å². The maximum absolute atomic E-state index is 6.05. The Morgan fingerprint density at radius 1 is 0.882 bits per heavy atom. The molecule has 0 bridgehead atoms. The first-order chi connectivity index (χ1) is 8.24. The van der Waals surface area contributed by atoms with Gasteiger partial charge in [-0.15, -0.1) is 0 Å². The fraction of sp³-hybridized carbons (Fsp3) is 0.200. The van der Waals surface area contributed by atoms with Crippen LogP contribution in [-0.2, 0) is 6.04 Å². The van der Waals surface area contributed by atoms with Gasteiger partial charge in [-0.3, -0.25) is 0 Å². The molecule has 2 heteroatoms. The van der Waals surface area contributed by atoms with Crippen LogP contribution in [0.2, 0.25) is 6.55 Å². The maximum atomic E-state index is 6.05. The molecule has 0 aliphatic carbocycles. The minimum absolute atomic E-state index is 0.798. The number of rotatable bonds is 4. The Morgan fingerprint density at radius 2 is 1.41 bits per heavy atom. The van der Waals surface area contributed by atoms with Gasteiger partial charge in [-0.25, -0.2) is 0 Å². The molecular formula is C15H19NSi. The summed E-state index contributed by atoms with van der Waals surface area (Å²) in [5.74, 6) is 0. The molecule has 0 fully saturated rings. The van der Waals surface area contributed by atoms with E-state index in [1.54, 1.807) is 0 Å². The fourth-order valence-electron chi connectivity index (χ4n) is 2.18. The zero-order valence-electron chi connectivity index (χ0n) is 10.3. The van der Waals surface area contributed by atoms with Gasteiger partial charge in [0.25, 0.3) is 0 Å². The van der Waals surface area contributed by atoms with Crippen LogP contribution in [-0.4, -0.2) is 14.2 Å². The van der Waals surface area contributed by atoms with Crippen molar-refractivity contribution in [2.45, 2.75) is 12.6 Å². The summed E-state index contributed by atoms with van der Waals surface area (Å²) in [6.45, 7) is 2.37. The van der Waals surface area contributed by atoms with Crippen LogP contribution in [0.1, 0.15) is 5.56 Å². The van der Waals surface area contributed by atoms with Crippen LogP contribution >= 0.6 is 0 Å². The molecule has 2 aromatic rings. The molecule has 1 nitrogen and oxygen atoms in total. The van der Waals surface area contributed by atoms with Crippen LogP contribution in [0.15, 0.2) is 60.7 Å². The Balaban J connectivity index is 2.27. The molecule has 0 heterocycles. The van der Waals surface area contributed by atoms with Gasteiger partial charge in [-0.05, 0) is 12.2 Å². The largest absolute Gasteiger partial charge is 0.333 e. The van der Waals surface area contributed by atoms with Gasteiger partial charge in [0.2, 0.25) is 0 Å². The van der Waals surface area contributed by atoms with Gasteiger partial charge in [-0.2, -0.15) is 0 Å². The van der Waals surface area contributed by atoms with Crippen molar-refractivity contribution in [2.75, 3.05) is 6.17 Å². The standard InChI is InChI=1S/C15H19NSi/c1-17(13-16,15-10-6-3-7-11-15)12-14-8-4-2-5-9-14/h2-11H,12-13,16H2,1H3. The molecule has 0 saturated heterocycles. The van der Waals surface area contributed by atoms with Gasteiger partial charge < -0.3 is 5.73 Å². The lowest BCUT2D eigenvalue weighted by Gasteiger charge is -2.26. The second kappa shape index (κ2) is 5.30. The molecule has 0 amide bonds. The number of nitrogens with two attached hydrogens (primary N) is 1. The summed E-state index contributed by atoms with van der Waals surface area (Å²) < 4.78 is 0. The lowest BCUT2D eigenvalue weighted by Crippen LogP contribution is -2.53. The summed E-state index contributed by atoms with van der Waals surface area (Å²) in [6.07, 6.45) is 0.798. The molecule has 0 saturated carbocycles. The van der Waals surface area contributed by atoms with Crippen molar-refractivity contribution in [3.8, 4) is 0 Å². The van der Waals surface area contributed by atoms with Crippen molar-refractivity contribution in [3.63, 3.8) is 0 Å². The Kier molecular flexibility index (Phi) is 3.77. The molecule has 0 spiro atoms. The van der Waals surface area contributed by atoms with Gasteiger partial charge in [0, 0.05) is 0 Å². The highest BCUT2D eigenvalue weighted by Gasteiger charge is 2.27. The monoisotopic (exact) mass is 241 g/mol. The average molecular weight is 241 g/mol. The van der Waals surface area contributed by atoms with Crippen molar-refractivity contribution in [1.82, 2.24) is 0 Å². The second-order valence-corrected chi connectivity index (χ2v) is 9.25. The number of hydrogen-bond acceptors (Lipinski definition) is 1. The smallest absolute Gasteiger partial charge is 0.101 e. The fourth-order valence-corrected chi connectivity index (χ4v) is 4.90. The first-order valence-electron chi connectivity index (χ1n) is 6.04. The molecule has 2 aromatic carbocycles. The van der Waals surface area contributed by atoms with Crippen LogP contribution in [0.4, 0.5) is 0 Å². The molecule has 0 radical (unpaired) electrons. The Morgan fingerprint density at radius 3 is 1.94 bits per heavy atom. The van der Waals surface area contributed by atoms with Crippen molar-refractivity contribution in [1.29, 1.82) is 0 Å². The Hall–Kier alpha value is -1.38. The summed E-state index contributed by atoms with van der Waals surface area (Å²) in [7, 11) is -1.56. The summed E-state index contributed by atoms with van der Waals surface area (Å²) in [5, 5.41) is 1.45. The van der Waals surface area contributed by atoms with Crippen LogP contribution in [0.3, 0.4) is 0 Å². The van der Waals surface area contributed by atoms with Gasteiger partial charge in [0.05, 0.1) is 0 Å². The summed E-state index contributed by atoms with van der Waals surface area (Å²) in [6, 6.07) is 22.5. The van der Waals surface area contributed by atoms with E-state index in [1.165, 1.54) is 10.8 Å². The van der Waals surface area contributed by atoms with Crippen molar-refractivity contribution in [3.05, 3.63) is 66.2 Å². The third kappa shape index (κ3) is 2.84. The normalized spacial score (nSPS) is 14.2. The van der Waals surface area contributed by atoms with Gasteiger partial charge in [0.15, 0.2) is 0 Å². The third-order valence-electron chi connectivity index (χ3n) is 3.36. The second-order valence-electron chi connectivity index (χ2n) is 4.79. The molecule has 0 aliphatic heterocycles. The van der Waals surface area contributed by atoms with Crippen LogP contribution in [0, 0.1) is 0 Å². The highest BCUT2D eigenvalue weighted by molar-refractivity contribution is 6.90. The van der Waals surface area contributed by atoms with E-state index in [9.17, 15) is 0 Å². The predicted molar refractivity (Wildman–Crippen MR) is 76.9 cm³/mol. The predicted octanol–water partition coefficient (Wildman–Crippen LogP) is 2.25. The minimum atomic E-state index is -1.56. The molecule has 2 N–H and O–H groups in total. The van der Waals surface area contributed by atoms with E-state index >= 15 is 0 Å². The molecule has 0 aromatic heterocycles. The average Bonchev–Trinajstić information content (AvgIpc) is 2.41. The molecule has 0 aliphatic rings. The first-order valence-corrected chi connectivity index (χ1v) is 8.95. The van der Waals surface area contributed by atoms with E-state index in [4.69, 9.17) is 5.73 Å². The highest BCUT2D eigenvalue weighted by Crippen LogP contribution is 2.11. The maximum Gasteiger partial charge on any atom is 0.101 e. The molecular weight excluding hydrogens is 222 g/mol. The van der Waals surface area contributed by atoms with E-state index < -0.39 is 8.07 Å². The molecule has 88 valence electrons. The quantitative estimate of drug-likeness (QED) is 0.816. The van der Waals surface area contributed by atoms with E-state index in [0.717, 1.165) is 12.2 Å². The van der Waals surface area contributed by atoms with Crippen LogP contribution in [0.25, 0.3) is 0 Å². The first kappa shape index (κ1) is 12.1. The topological polar surface area (TPSA) is 26.0 Å². The van der Waals surface area contributed by atoms with E-state index in [1.807, 2.05) is 0 Å². The molecule has 1 unspecified atom stereocenters. The Bertz CT molecular complexity index is 455. The van der Waals surface area contributed by atoms with Gasteiger partial charge >= 0.3 is 0 Å². The zero-order valence-corrected chi connectivity index (χ0v) is 11.3. The number of benzene rings is 2. The molecule has 17 heavy (non-hydrogen) atoms. The van der Waals surface area contributed by atoms with Crippen molar-refractivity contribution < 1.29 is 0 Å². The zero-order chi connectivity index (χ0) is 12.1. The van der Waals surface area contributed by atoms with Crippen molar-refractivity contribution >= 4 is 13.3 Å². The van der Waals surface area contributed by atoms with E-state index in [0.29, 0.717) is 0 Å². The van der Waals surface area contributed by atoms with Crippen molar-refractivity contribution in [2.24, 2.45) is 5.73 Å². The lowest BCUT2D eigenvalue weighted by molar-refractivity contribution is 1.22. The lowest BCUT2D eigenvalue weighted by atomic mass is 10.2. The highest BCUT2D eigenvalue weighted by atomic mass is 28.3. The summed E-state index contributed by atoms with van der Waals surface area (Å²) in [4.78, 5) is 0. The van der Waals surface area contributed by atoms with Crippen LogP contribution in [0.5, 0.6) is 0 Å². The SMILES string of the molecule is C[Si](CN)(Cc1ccccc1)c1ccccc1. The van der Waals surface area contributed by atoms with E-state index in [-0.39, 0.29) is 0 Å².